The molecule has 1 saturated heterocycles. The van der Waals surface area contributed by atoms with Crippen LogP contribution in [0.5, 0.6) is 0 Å². The van der Waals surface area contributed by atoms with Gasteiger partial charge in [0, 0.05) is 19.1 Å². The number of aliphatic carboxylic acids is 1. The monoisotopic (exact) mass is 268 g/mol. The average Bonchev–Trinajstić information content (AvgIpc) is 2.47. The number of carbonyl (C=O) groups is 2. The van der Waals surface area contributed by atoms with Gasteiger partial charge in [-0.3, -0.25) is 4.79 Å². The van der Waals surface area contributed by atoms with E-state index in [1.807, 2.05) is 4.90 Å². The van der Waals surface area contributed by atoms with E-state index in [0.717, 1.165) is 25.8 Å². The predicted molar refractivity (Wildman–Crippen MR) is 71.9 cm³/mol. The van der Waals surface area contributed by atoms with Gasteiger partial charge in [0.25, 0.3) is 0 Å². The number of rotatable bonds is 3. The molecule has 2 N–H and O–H groups in total. The number of nitrogens with one attached hydrogen (secondary N) is 1. The summed E-state index contributed by atoms with van der Waals surface area (Å²) in [5.74, 6) is -0.881. The Kier molecular flexibility index (Phi) is 3.49. The molecule has 0 aromatic heterocycles. The third-order valence-corrected chi connectivity index (χ3v) is 4.29. The Morgan fingerprint density at radius 3 is 2.63 bits per heavy atom. The molecule has 0 spiro atoms. The third-order valence-electron chi connectivity index (χ3n) is 4.29. The van der Waals surface area contributed by atoms with Crippen LogP contribution in [0.2, 0.25) is 0 Å². The Hall–Kier alpha value is -1.26. The van der Waals surface area contributed by atoms with Gasteiger partial charge in [0.2, 0.25) is 0 Å². The quantitative estimate of drug-likeness (QED) is 0.823. The van der Waals surface area contributed by atoms with E-state index >= 15 is 0 Å². The second-order valence-electron chi connectivity index (χ2n) is 7.22. The van der Waals surface area contributed by atoms with E-state index in [1.54, 1.807) is 0 Å². The number of carbonyl (C=O) groups excluding carboxylic acids is 1. The molecule has 1 aliphatic heterocycles. The number of fused-ring (bicyclic) bond motifs is 2. The van der Waals surface area contributed by atoms with Gasteiger partial charge in [-0.15, -0.1) is 0 Å². The minimum absolute atomic E-state index is 0.0208. The van der Waals surface area contributed by atoms with Crippen molar-refractivity contribution in [1.29, 1.82) is 0 Å². The third kappa shape index (κ3) is 3.19. The largest absolute Gasteiger partial charge is 0.481 e. The van der Waals surface area contributed by atoms with E-state index in [4.69, 9.17) is 5.11 Å². The molecule has 0 radical (unpaired) electrons. The number of hydrogen-bond donors (Lipinski definition) is 2. The first-order chi connectivity index (χ1) is 8.71. The van der Waals surface area contributed by atoms with Crippen molar-refractivity contribution >= 4 is 12.0 Å². The van der Waals surface area contributed by atoms with Crippen LogP contribution in [0.4, 0.5) is 4.79 Å². The highest BCUT2D eigenvalue weighted by atomic mass is 16.4. The number of likely N-dealkylation sites (tertiary alicyclic amines) is 1. The summed E-state index contributed by atoms with van der Waals surface area (Å²) >= 11 is 0. The number of nitrogens with zero attached hydrogens (tertiary/aromatic N) is 1. The molecule has 2 fully saturated rings. The highest BCUT2D eigenvalue weighted by molar-refractivity contribution is 5.76. The van der Waals surface area contributed by atoms with Gasteiger partial charge in [-0.05, 0) is 30.1 Å². The summed E-state index contributed by atoms with van der Waals surface area (Å²) in [6.45, 7) is 7.79. The van der Waals surface area contributed by atoms with Gasteiger partial charge < -0.3 is 15.3 Å². The second-order valence-corrected chi connectivity index (χ2v) is 7.22. The van der Waals surface area contributed by atoms with Crippen LogP contribution in [0.1, 0.15) is 46.5 Å². The fourth-order valence-corrected chi connectivity index (χ4v) is 4.08. The number of amides is 2. The molecule has 0 aromatic rings. The Bertz CT molecular complexity index is 394. The highest BCUT2D eigenvalue weighted by Gasteiger charge is 2.50. The molecular formula is C14H24N2O3. The van der Waals surface area contributed by atoms with Crippen molar-refractivity contribution in [1.82, 2.24) is 10.2 Å². The predicted octanol–water partition coefficient (Wildman–Crippen LogP) is 2.07. The van der Waals surface area contributed by atoms with Crippen LogP contribution in [-0.4, -0.2) is 41.1 Å². The SMILES string of the molecule is CC1(C)CC2CC(C)(CN2C(=O)NCCC(=O)O)C1. The van der Waals surface area contributed by atoms with Crippen LogP contribution in [0.25, 0.3) is 0 Å². The van der Waals surface area contributed by atoms with E-state index in [9.17, 15) is 9.59 Å². The van der Waals surface area contributed by atoms with Gasteiger partial charge in [-0.1, -0.05) is 20.8 Å². The van der Waals surface area contributed by atoms with Gasteiger partial charge in [0.1, 0.15) is 0 Å². The topological polar surface area (TPSA) is 69.6 Å². The molecule has 5 heteroatoms. The fraction of sp³-hybridized carbons (Fsp3) is 0.857. The lowest BCUT2D eigenvalue weighted by atomic mass is 9.65. The molecule has 5 nitrogen and oxygen atoms in total. The summed E-state index contributed by atoms with van der Waals surface area (Å²) in [5.41, 5.74) is 0.504. The molecule has 2 rings (SSSR count). The van der Waals surface area contributed by atoms with Crippen molar-refractivity contribution in [3.05, 3.63) is 0 Å². The zero-order valence-corrected chi connectivity index (χ0v) is 12.0. The lowest BCUT2D eigenvalue weighted by molar-refractivity contribution is -0.136. The molecule has 2 amide bonds. The summed E-state index contributed by atoms with van der Waals surface area (Å²) in [6, 6.07) is 0.200. The molecular weight excluding hydrogens is 244 g/mol. The molecule has 2 unspecified atom stereocenters. The van der Waals surface area contributed by atoms with E-state index in [1.165, 1.54) is 0 Å². The van der Waals surface area contributed by atoms with E-state index in [-0.39, 0.29) is 29.8 Å². The normalized spacial score (nSPS) is 32.2. The van der Waals surface area contributed by atoms with Crippen molar-refractivity contribution in [2.75, 3.05) is 13.1 Å². The van der Waals surface area contributed by atoms with Crippen LogP contribution in [0.15, 0.2) is 0 Å². The molecule has 1 heterocycles. The van der Waals surface area contributed by atoms with Gasteiger partial charge in [-0.25, -0.2) is 4.79 Å². The van der Waals surface area contributed by atoms with Crippen LogP contribution in [0, 0.1) is 10.8 Å². The molecule has 1 saturated carbocycles. The number of carboxylic acid groups (broad SMARTS) is 1. The van der Waals surface area contributed by atoms with Crippen LogP contribution < -0.4 is 5.32 Å². The first-order valence-corrected chi connectivity index (χ1v) is 6.97. The minimum Gasteiger partial charge on any atom is -0.481 e. The van der Waals surface area contributed by atoms with Gasteiger partial charge in [-0.2, -0.15) is 0 Å². The zero-order chi connectivity index (χ0) is 14.3. The van der Waals surface area contributed by atoms with Gasteiger partial charge in [0.05, 0.1) is 6.42 Å². The Morgan fingerprint density at radius 1 is 1.32 bits per heavy atom. The molecule has 0 aromatic carbocycles. The Balaban J connectivity index is 1.95. The van der Waals surface area contributed by atoms with E-state index in [0.29, 0.717) is 6.04 Å². The molecule has 2 aliphatic rings. The molecule has 19 heavy (non-hydrogen) atoms. The summed E-state index contributed by atoms with van der Waals surface area (Å²) in [7, 11) is 0. The number of carboxylic acids is 1. The number of hydrogen-bond acceptors (Lipinski definition) is 2. The van der Waals surface area contributed by atoms with Crippen molar-refractivity contribution < 1.29 is 14.7 Å². The number of urea groups is 1. The highest BCUT2D eigenvalue weighted by Crippen LogP contribution is 2.52. The maximum absolute atomic E-state index is 12.1. The van der Waals surface area contributed by atoms with Crippen molar-refractivity contribution in [3.63, 3.8) is 0 Å². The first-order valence-electron chi connectivity index (χ1n) is 6.97. The Labute approximate surface area is 114 Å². The lowest BCUT2D eigenvalue weighted by Crippen LogP contribution is -2.44. The minimum atomic E-state index is -0.881. The smallest absolute Gasteiger partial charge is 0.317 e. The van der Waals surface area contributed by atoms with Crippen molar-refractivity contribution in [3.8, 4) is 0 Å². The standard InChI is InChI=1S/C14H24N2O3/c1-13(2)6-10-7-14(3,8-13)9-16(10)12(19)15-5-4-11(17)18/h10H,4-9H2,1-3H3,(H,15,19)(H,17,18). The zero-order valence-electron chi connectivity index (χ0n) is 12.0. The summed E-state index contributed by atoms with van der Waals surface area (Å²) in [4.78, 5) is 24.5. The maximum Gasteiger partial charge on any atom is 0.317 e. The lowest BCUT2D eigenvalue weighted by Gasteiger charge is -2.39. The van der Waals surface area contributed by atoms with Gasteiger partial charge >= 0.3 is 12.0 Å². The maximum atomic E-state index is 12.1. The first kappa shape index (κ1) is 14.2. The molecule has 1 aliphatic carbocycles. The van der Waals surface area contributed by atoms with Crippen molar-refractivity contribution in [2.24, 2.45) is 10.8 Å². The molecule has 108 valence electrons. The average molecular weight is 268 g/mol. The van der Waals surface area contributed by atoms with Crippen molar-refractivity contribution in [2.45, 2.75) is 52.5 Å². The summed E-state index contributed by atoms with van der Waals surface area (Å²) in [6.07, 6.45) is 3.24. The summed E-state index contributed by atoms with van der Waals surface area (Å²) < 4.78 is 0. The summed E-state index contributed by atoms with van der Waals surface area (Å²) in [5, 5.41) is 11.3. The Morgan fingerprint density at radius 2 is 2.00 bits per heavy atom. The van der Waals surface area contributed by atoms with E-state index in [2.05, 4.69) is 26.1 Å². The van der Waals surface area contributed by atoms with Gasteiger partial charge in [0.15, 0.2) is 0 Å². The second kappa shape index (κ2) is 4.69. The molecule has 2 atom stereocenters. The fourth-order valence-electron chi connectivity index (χ4n) is 4.08. The van der Waals surface area contributed by atoms with Crippen LogP contribution in [-0.2, 0) is 4.79 Å². The van der Waals surface area contributed by atoms with Crippen LogP contribution in [0.3, 0.4) is 0 Å². The van der Waals surface area contributed by atoms with Crippen LogP contribution >= 0.6 is 0 Å². The molecule has 2 bridgehead atoms. The van der Waals surface area contributed by atoms with E-state index < -0.39 is 5.97 Å².